The summed E-state index contributed by atoms with van der Waals surface area (Å²) >= 11 is 0. The molecule has 0 saturated heterocycles. The number of esters is 1. The van der Waals surface area contributed by atoms with Gasteiger partial charge in [-0.1, -0.05) is 0 Å². The largest absolute Gasteiger partial charge is 0.460 e. The fourth-order valence-corrected chi connectivity index (χ4v) is 1.92. The quantitative estimate of drug-likeness (QED) is 0.426. The van der Waals surface area contributed by atoms with Gasteiger partial charge < -0.3 is 24.3 Å². The summed E-state index contributed by atoms with van der Waals surface area (Å²) < 4.78 is 15.4. The van der Waals surface area contributed by atoms with Crippen molar-refractivity contribution in [2.24, 2.45) is 5.92 Å². The van der Waals surface area contributed by atoms with Crippen LogP contribution in [0.1, 0.15) is 47.0 Å². The third-order valence-electron chi connectivity index (χ3n) is 3.03. The molecule has 0 aromatic carbocycles. The van der Waals surface area contributed by atoms with Crippen LogP contribution in [0.25, 0.3) is 0 Å². The van der Waals surface area contributed by atoms with E-state index in [1.165, 1.54) is 6.92 Å². The molecule has 0 aliphatic carbocycles. The fourth-order valence-electron chi connectivity index (χ4n) is 1.92. The van der Waals surface area contributed by atoms with E-state index in [2.05, 4.69) is 5.32 Å². The standard InChI is InChI=1S/C17H31NO6/c1-13(19)6-7-14(12-15(20)24-17(2,3)4)16(21)18-8-9-23-11-10-22-5/h14H,6-12H2,1-5H3,(H,18,21)/t14-/m1/s1. The molecule has 24 heavy (non-hydrogen) atoms. The summed E-state index contributed by atoms with van der Waals surface area (Å²) in [6, 6.07) is 0. The molecule has 0 saturated carbocycles. The van der Waals surface area contributed by atoms with Crippen molar-refractivity contribution in [3.05, 3.63) is 0 Å². The van der Waals surface area contributed by atoms with Crippen LogP contribution in [0.3, 0.4) is 0 Å². The third-order valence-corrected chi connectivity index (χ3v) is 3.03. The van der Waals surface area contributed by atoms with E-state index in [0.29, 0.717) is 32.8 Å². The molecule has 0 radical (unpaired) electrons. The molecule has 0 unspecified atom stereocenters. The van der Waals surface area contributed by atoms with Gasteiger partial charge in [0.1, 0.15) is 11.4 Å². The Bertz CT molecular complexity index is 402. The molecule has 0 aromatic heterocycles. The van der Waals surface area contributed by atoms with Gasteiger partial charge in [0.25, 0.3) is 0 Å². The SMILES string of the molecule is COCCOCCNC(=O)[C@H](CCC(C)=O)CC(=O)OC(C)(C)C. The highest BCUT2D eigenvalue weighted by molar-refractivity contribution is 5.84. The topological polar surface area (TPSA) is 90.9 Å². The Hall–Kier alpha value is -1.47. The van der Waals surface area contributed by atoms with Gasteiger partial charge >= 0.3 is 5.97 Å². The van der Waals surface area contributed by atoms with Crippen LogP contribution < -0.4 is 5.32 Å². The molecule has 0 spiro atoms. The van der Waals surface area contributed by atoms with Crippen LogP contribution >= 0.6 is 0 Å². The predicted molar refractivity (Wildman–Crippen MR) is 89.6 cm³/mol. The number of Topliss-reactive ketones (excluding diaryl/α,β-unsaturated/α-hetero) is 1. The number of ketones is 1. The average Bonchev–Trinajstić information content (AvgIpc) is 2.44. The zero-order valence-electron chi connectivity index (χ0n) is 15.5. The lowest BCUT2D eigenvalue weighted by Gasteiger charge is -2.22. The van der Waals surface area contributed by atoms with Crippen molar-refractivity contribution in [1.29, 1.82) is 0 Å². The van der Waals surface area contributed by atoms with Gasteiger partial charge in [-0.05, 0) is 34.1 Å². The van der Waals surface area contributed by atoms with E-state index < -0.39 is 17.5 Å². The monoisotopic (exact) mass is 345 g/mol. The second-order valence-corrected chi connectivity index (χ2v) is 6.62. The number of ether oxygens (including phenoxy) is 3. The smallest absolute Gasteiger partial charge is 0.307 e. The minimum absolute atomic E-state index is 0.0140. The van der Waals surface area contributed by atoms with Crippen molar-refractivity contribution in [3.63, 3.8) is 0 Å². The van der Waals surface area contributed by atoms with Crippen LogP contribution in [0.4, 0.5) is 0 Å². The molecule has 0 heterocycles. The van der Waals surface area contributed by atoms with Crippen molar-refractivity contribution in [2.45, 2.75) is 52.6 Å². The van der Waals surface area contributed by atoms with E-state index in [1.54, 1.807) is 27.9 Å². The molecule has 1 N–H and O–H groups in total. The van der Waals surface area contributed by atoms with E-state index in [1.807, 2.05) is 0 Å². The lowest BCUT2D eigenvalue weighted by atomic mass is 9.97. The van der Waals surface area contributed by atoms with Crippen LogP contribution in [-0.4, -0.2) is 56.7 Å². The number of hydrogen-bond acceptors (Lipinski definition) is 6. The number of carbonyl (C=O) groups excluding carboxylic acids is 3. The minimum atomic E-state index is -0.603. The predicted octanol–water partition coefficient (Wildman–Crippen LogP) is 1.48. The molecule has 0 fully saturated rings. The first-order valence-electron chi connectivity index (χ1n) is 8.21. The van der Waals surface area contributed by atoms with Crippen molar-refractivity contribution in [3.8, 4) is 0 Å². The van der Waals surface area contributed by atoms with Gasteiger partial charge in [0.15, 0.2) is 0 Å². The fraction of sp³-hybridized carbons (Fsp3) is 0.824. The van der Waals surface area contributed by atoms with Gasteiger partial charge in [-0.25, -0.2) is 0 Å². The molecule has 1 atom stereocenters. The third kappa shape index (κ3) is 13.0. The maximum absolute atomic E-state index is 12.2. The summed E-state index contributed by atoms with van der Waals surface area (Å²) in [7, 11) is 1.58. The maximum Gasteiger partial charge on any atom is 0.307 e. The number of rotatable bonds is 12. The Balaban J connectivity index is 4.39. The maximum atomic E-state index is 12.2. The number of nitrogens with one attached hydrogen (secondary N) is 1. The highest BCUT2D eigenvalue weighted by atomic mass is 16.6. The zero-order valence-corrected chi connectivity index (χ0v) is 15.5. The van der Waals surface area contributed by atoms with Crippen molar-refractivity contribution >= 4 is 17.7 Å². The molecule has 0 aliphatic heterocycles. The van der Waals surface area contributed by atoms with Gasteiger partial charge in [-0.15, -0.1) is 0 Å². The Kier molecular flexibility index (Phi) is 11.2. The van der Waals surface area contributed by atoms with E-state index in [9.17, 15) is 14.4 Å². The molecule has 0 bridgehead atoms. The Morgan fingerprint density at radius 2 is 1.75 bits per heavy atom. The summed E-state index contributed by atoms with van der Waals surface area (Å²) in [6.07, 6.45) is 0.539. The van der Waals surface area contributed by atoms with Crippen LogP contribution in [0.5, 0.6) is 0 Å². The molecule has 0 aliphatic rings. The molecule has 7 heteroatoms. The van der Waals surface area contributed by atoms with Crippen molar-refractivity contribution in [2.75, 3.05) is 33.5 Å². The lowest BCUT2D eigenvalue weighted by molar-refractivity contribution is -0.157. The second-order valence-electron chi connectivity index (χ2n) is 6.62. The Morgan fingerprint density at radius 1 is 1.08 bits per heavy atom. The van der Waals surface area contributed by atoms with Crippen LogP contribution in [0.15, 0.2) is 0 Å². The molecule has 1 amide bonds. The molecule has 140 valence electrons. The first-order chi connectivity index (χ1) is 11.2. The zero-order chi connectivity index (χ0) is 18.6. The molecule has 0 aromatic rings. The van der Waals surface area contributed by atoms with E-state index in [4.69, 9.17) is 14.2 Å². The highest BCUT2D eigenvalue weighted by Crippen LogP contribution is 2.16. The van der Waals surface area contributed by atoms with Gasteiger partial charge in [0, 0.05) is 26.0 Å². The lowest BCUT2D eigenvalue weighted by Crippen LogP contribution is -2.36. The molecule has 7 nitrogen and oxygen atoms in total. The number of amides is 1. The van der Waals surface area contributed by atoms with Gasteiger partial charge in [-0.3, -0.25) is 9.59 Å². The van der Waals surface area contributed by atoms with Crippen molar-refractivity contribution in [1.82, 2.24) is 5.32 Å². The van der Waals surface area contributed by atoms with E-state index >= 15 is 0 Å². The average molecular weight is 345 g/mol. The van der Waals surface area contributed by atoms with Gasteiger partial charge in [0.2, 0.25) is 5.91 Å². The van der Waals surface area contributed by atoms with Crippen molar-refractivity contribution < 1.29 is 28.6 Å². The number of carbonyl (C=O) groups is 3. The van der Waals surface area contributed by atoms with Crippen LogP contribution in [0, 0.1) is 5.92 Å². The Labute approximate surface area is 144 Å². The minimum Gasteiger partial charge on any atom is -0.460 e. The number of methoxy groups -OCH3 is 1. The summed E-state index contributed by atoms with van der Waals surface area (Å²) in [5.74, 6) is -1.30. The summed E-state index contributed by atoms with van der Waals surface area (Å²) in [4.78, 5) is 35.3. The summed E-state index contributed by atoms with van der Waals surface area (Å²) in [6.45, 7) is 8.43. The summed E-state index contributed by atoms with van der Waals surface area (Å²) in [5, 5.41) is 2.73. The highest BCUT2D eigenvalue weighted by Gasteiger charge is 2.25. The normalized spacial score (nSPS) is 12.5. The second kappa shape index (κ2) is 12.0. The van der Waals surface area contributed by atoms with Gasteiger partial charge in [-0.2, -0.15) is 0 Å². The molecular formula is C17H31NO6. The van der Waals surface area contributed by atoms with Gasteiger partial charge in [0.05, 0.1) is 26.2 Å². The van der Waals surface area contributed by atoms with E-state index in [-0.39, 0.29) is 24.5 Å². The molecule has 0 rings (SSSR count). The van der Waals surface area contributed by atoms with Crippen LogP contribution in [-0.2, 0) is 28.6 Å². The Morgan fingerprint density at radius 3 is 2.29 bits per heavy atom. The van der Waals surface area contributed by atoms with E-state index in [0.717, 1.165) is 0 Å². The summed E-state index contributed by atoms with van der Waals surface area (Å²) in [5.41, 5.74) is -0.603. The first-order valence-corrected chi connectivity index (χ1v) is 8.21. The number of hydrogen-bond donors (Lipinski definition) is 1. The first kappa shape index (κ1) is 22.5. The molecular weight excluding hydrogens is 314 g/mol. The van der Waals surface area contributed by atoms with Crippen LogP contribution in [0.2, 0.25) is 0 Å².